The topological polar surface area (TPSA) is 84.2 Å². The third-order valence-electron chi connectivity index (χ3n) is 5.06. The van der Waals surface area contributed by atoms with Gasteiger partial charge in [-0.1, -0.05) is 47.1 Å². The van der Waals surface area contributed by atoms with E-state index in [1.54, 1.807) is 6.07 Å². The standard InChI is InChI=1S/C23H23N3O3/c1-14-3-5-17(6-4-14)20-13-21(29-26-20)23(28)24-15(2)16-9-11-19(12-10-16)25-22(27)18-7-8-18/h3-6,9-13,15,18H,7-8H2,1-2H3,(H,24,28)(H,25,27)/t15-/m1/s1. The molecule has 3 aromatic rings. The zero-order valence-electron chi connectivity index (χ0n) is 16.4. The number of aryl methyl sites for hydroxylation is 1. The molecule has 0 unspecified atom stereocenters. The second-order valence-corrected chi connectivity index (χ2v) is 7.52. The van der Waals surface area contributed by atoms with Crippen LogP contribution in [-0.4, -0.2) is 17.0 Å². The van der Waals surface area contributed by atoms with Crippen molar-refractivity contribution in [1.29, 1.82) is 0 Å². The van der Waals surface area contributed by atoms with Gasteiger partial charge < -0.3 is 15.2 Å². The predicted molar refractivity (Wildman–Crippen MR) is 110 cm³/mol. The largest absolute Gasteiger partial charge is 0.350 e. The van der Waals surface area contributed by atoms with Gasteiger partial charge in [0.25, 0.3) is 5.91 Å². The van der Waals surface area contributed by atoms with Crippen LogP contribution in [0.15, 0.2) is 59.1 Å². The molecule has 1 aromatic heterocycles. The van der Waals surface area contributed by atoms with Gasteiger partial charge in [-0.3, -0.25) is 9.59 Å². The number of benzene rings is 2. The maximum Gasteiger partial charge on any atom is 0.290 e. The monoisotopic (exact) mass is 389 g/mol. The molecule has 29 heavy (non-hydrogen) atoms. The molecule has 0 bridgehead atoms. The lowest BCUT2D eigenvalue weighted by atomic mass is 10.1. The average molecular weight is 389 g/mol. The van der Waals surface area contributed by atoms with Crippen LogP contribution in [0.25, 0.3) is 11.3 Å². The normalized spacial score (nSPS) is 14.3. The number of carbonyl (C=O) groups excluding carboxylic acids is 2. The Morgan fingerprint density at radius 1 is 1.07 bits per heavy atom. The molecule has 4 rings (SSSR count). The summed E-state index contributed by atoms with van der Waals surface area (Å²) < 4.78 is 5.23. The van der Waals surface area contributed by atoms with E-state index in [0.29, 0.717) is 5.69 Å². The van der Waals surface area contributed by atoms with Crippen LogP contribution in [0.4, 0.5) is 5.69 Å². The first-order chi connectivity index (χ1) is 14.0. The number of aromatic nitrogens is 1. The zero-order chi connectivity index (χ0) is 20.4. The molecule has 0 radical (unpaired) electrons. The molecular weight excluding hydrogens is 366 g/mol. The number of nitrogens with zero attached hydrogens (tertiary/aromatic N) is 1. The molecule has 6 heteroatoms. The van der Waals surface area contributed by atoms with E-state index in [9.17, 15) is 9.59 Å². The Labute approximate surface area is 169 Å². The molecule has 1 aliphatic carbocycles. The molecule has 0 spiro atoms. The number of rotatable bonds is 6. The van der Waals surface area contributed by atoms with E-state index >= 15 is 0 Å². The van der Waals surface area contributed by atoms with Gasteiger partial charge in [0, 0.05) is 23.2 Å². The molecule has 0 saturated heterocycles. The second kappa shape index (κ2) is 7.91. The van der Waals surface area contributed by atoms with Crippen LogP contribution in [0, 0.1) is 12.8 Å². The lowest BCUT2D eigenvalue weighted by Crippen LogP contribution is -2.26. The van der Waals surface area contributed by atoms with Gasteiger partial charge in [-0.05, 0) is 44.4 Å². The third-order valence-corrected chi connectivity index (χ3v) is 5.06. The lowest BCUT2D eigenvalue weighted by Gasteiger charge is -2.14. The Balaban J connectivity index is 1.37. The molecule has 0 aliphatic heterocycles. The summed E-state index contributed by atoms with van der Waals surface area (Å²) in [6.45, 7) is 3.91. The van der Waals surface area contributed by atoms with E-state index in [-0.39, 0.29) is 29.5 Å². The number of carbonyl (C=O) groups is 2. The minimum Gasteiger partial charge on any atom is -0.350 e. The maximum absolute atomic E-state index is 12.5. The summed E-state index contributed by atoms with van der Waals surface area (Å²) in [5.74, 6) is 0.0867. The van der Waals surface area contributed by atoms with Crippen LogP contribution in [0.2, 0.25) is 0 Å². The van der Waals surface area contributed by atoms with Gasteiger partial charge in [0.15, 0.2) is 0 Å². The summed E-state index contributed by atoms with van der Waals surface area (Å²) in [6, 6.07) is 16.8. The second-order valence-electron chi connectivity index (χ2n) is 7.52. The van der Waals surface area contributed by atoms with E-state index in [4.69, 9.17) is 4.52 Å². The molecule has 2 aromatic carbocycles. The molecular formula is C23H23N3O3. The molecule has 6 nitrogen and oxygen atoms in total. The number of anilines is 1. The minimum atomic E-state index is -0.325. The number of nitrogens with one attached hydrogen (secondary N) is 2. The molecule has 148 valence electrons. The van der Waals surface area contributed by atoms with Gasteiger partial charge in [0.1, 0.15) is 5.69 Å². The summed E-state index contributed by atoms with van der Waals surface area (Å²) in [6.07, 6.45) is 1.94. The highest BCUT2D eigenvalue weighted by Crippen LogP contribution is 2.30. The fourth-order valence-electron chi connectivity index (χ4n) is 3.04. The van der Waals surface area contributed by atoms with Crippen molar-refractivity contribution >= 4 is 17.5 Å². The van der Waals surface area contributed by atoms with Gasteiger partial charge in [0.2, 0.25) is 11.7 Å². The first-order valence-corrected chi connectivity index (χ1v) is 9.75. The quantitative estimate of drug-likeness (QED) is 0.651. The summed E-state index contributed by atoms with van der Waals surface area (Å²) in [5, 5.41) is 9.82. The fourth-order valence-corrected chi connectivity index (χ4v) is 3.04. The lowest BCUT2D eigenvalue weighted by molar-refractivity contribution is -0.117. The van der Waals surface area contributed by atoms with Gasteiger partial charge in [-0.15, -0.1) is 0 Å². The van der Waals surface area contributed by atoms with Crippen LogP contribution in [-0.2, 0) is 4.79 Å². The number of hydrogen-bond donors (Lipinski definition) is 2. The Morgan fingerprint density at radius 2 is 1.76 bits per heavy atom. The zero-order valence-corrected chi connectivity index (χ0v) is 16.4. The molecule has 2 N–H and O–H groups in total. The van der Waals surface area contributed by atoms with Gasteiger partial charge >= 0.3 is 0 Å². The molecule has 1 aliphatic rings. The van der Waals surface area contributed by atoms with E-state index in [0.717, 1.165) is 35.2 Å². The van der Waals surface area contributed by atoms with Crippen LogP contribution < -0.4 is 10.6 Å². The Morgan fingerprint density at radius 3 is 2.41 bits per heavy atom. The smallest absolute Gasteiger partial charge is 0.290 e. The van der Waals surface area contributed by atoms with Crippen molar-refractivity contribution in [3.63, 3.8) is 0 Å². The van der Waals surface area contributed by atoms with Crippen LogP contribution in [0.1, 0.15) is 47.5 Å². The summed E-state index contributed by atoms with van der Waals surface area (Å²) >= 11 is 0. The maximum atomic E-state index is 12.5. The SMILES string of the molecule is Cc1ccc(-c2cc(C(=O)N[C@H](C)c3ccc(NC(=O)C4CC4)cc3)on2)cc1. The molecule has 2 amide bonds. The highest BCUT2D eigenvalue weighted by Gasteiger charge is 2.29. The van der Waals surface area contributed by atoms with Crippen LogP contribution in [0.5, 0.6) is 0 Å². The van der Waals surface area contributed by atoms with Gasteiger partial charge in [-0.25, -0.2) is 0 Å². The molecule has 1 fully saturated rings. The van der Waals surface area contributed by atoms with Crippen molar-refractivity contribution in [2.24, 2.45) is 5.92 Å². The average Bonchev–Trinajstić information content (AvgIpc) is 3.46. The van der Waals surface area contributed by atoms with E-state index in [1.165, 1.54) is 0 Å². The first-order valence-electron chi connectivity index (χ1n) is 9.75. The van der Waals surface area contributed by atoms with E-state index in [2.05, 4.69) is 15.8 Å². The highest BCUT2D eigenvalue weighted by atomic mass is 16.5. The van der Waals surface area contributed by atoms with Crippen molar-refractivity contribution in [3.05, 3.63) is 71.5 Å². The van der Waals surface area contributed by atoms with Crippen LogP contribution in [0.3, 0.4) is 0 Å². The van der Waals surface area contributed by atoms with Crippen LogP contribution >= 0.6 is 0 Å². The van der Waals surface area contributed by atoms with Crippen molar-refractivity contribution in [2.45, 2.75) is 32.7 Å². The molecule has 1 atom stereocenters. The fraction of sp³-hybridized carbons (Fsp3) is 0.261. The molecule has 1 saturated carbocycles. The third kappa shape index (κ3) is 4.54. The Bertz CT molecular complexity index is 1020. The number of hydrogen-bond acceptors (Lipinski definition) is 4. The van der Waals surface area contributed by atoms with E-state index < -0.39 is 0 Å². The highest BCUT2D eigenvalue weighted by molar-refractivity contribution is 5.94. The number of amides is 2. The summed E-state index contributed by atoms with van der Waals surface area (Å²) in [5.41, 5.74) is 4.37. The van der Waals surface area contributed by atoms with Crippen molar-refractivity contribution in [1.82, 2.24) is 10.5 Å². The predicted octanol–water partition coefficient (Wildman–Crippen LogP) is 4.49. The van der Waals surface area contributed by atoms with E-state index in [1.807, 2.05) is 62.4 Å². The summed E-state index contributed by atoms with van der Waals surface area (Å²) in [7, 11) is 0. The summed E-state index contributed by atoms with van der Waals surface area (Å²) in [4.78, 5) is 24.4. The molecule has 1 heterocycles. The minimum absolute atomic E-state index is 0.0776. The Hall–Kier alpha value is -3.41. The van der Waals surface area contributed by atoms with Gasteiger partial charge in [-0.2, -0.15) is 0 Å². The van der Waals surface area contributed by atoms with Crippen molar-refractivity contribution in [2.75, 3.05) is 5.32 Å². The Kier molecular flexibility index (Phi) is 5.16. The van der Waals surface area contributed by atoms with Crippen molar-refractivity contribution in [3.8, 4) is 11.3 Å². The van der Waals surface area contributed by atoms with Crippen molar-refractivity contribution < 1.29 is 14.1 Å². The first kappa shape index (κ1) is 18.9. The van der Waals surface area contributed by atoms with Gasteiger partial charge in [0.05, 0.1) is 6.04 Å².